The van der Waals surface area contributed by atoms with Gasteiger partial charge in [-0.1, -0.05) is 35.9 Å². The molecule has 0 radical (unpaired) electrons. The number of ether oxygens (including phenoxy) is 1. The highest BCUT2D eigenvalue weighted by Gasteiger charge is 2.18. The topological polar surface area (TPSA) is 67.4 Å². The van der Waals surface area contributed by atoms with Gasteiger partial charge in [0.2, 0.25) is 5.91 Å². The van der Waals surface area contributed by atoms with Crippen molar-refractivity contribution in [3.63, 3.8) is 0 Å². The molecule has 1 heterocycles. The van der Waals surface area contributed by atoms with Crippen LogP contribution in [0.5, 0.6) is 0 Å². The fraction of sp³-hybridized carbons (Fsp3) is 0.333. The molecule has 0 unspecified atom stereocenters. The first-order valence-electron chi connectivity index (χ1n) is 9.22. The number of hydrogen-bond donors (Lipinski definition) is 2. The summed E-state index contributed by atoms with van der Waals surface area (Å²) in [6.45, 7) is 1.23. The molecule has 148 valence electrons. The van der Waals surface area contributed by atoms with Crippen molar-refractivity contribution in [3.8, 4) is 0 Å². The molecule has 1 atom stereocenters. The Bertz CT molecular complexity index is 825. The molecule has 0 bridgehead atoms. The van der Waals surface area contributed by atoms with Crippen LogP contribution in [0.1, 0.15) is 28.8 Å². The molecule has 0 aromatic heterocycles. The largest absolute Gasteiger partial charge is 0.376 e. The Hall–Kier alpha value is -2.02. The summed E-state index contributed by atoms with van der Waals surface area (Å²) in [6, 6.07) is 14.6. The number of amides is 2. The molecule has 3 rings (SSSR count). The van der Waals surface area contributed by atoms with Gasteiger partial charge in [0.25, 0.3) is 5.91 Å². The molecule has 0 spiro atoms. The highest BCUT2D eigenvalue weighted by molar-refractivity contribution is 7.99. The lowest BCUT2D eigenvalue weighted by Crippen LogP contribution is -2.32. The van der Waals surface area contributed by atoms with E-state index in [9.17, 15) is 9.59 Å². The van der Waals surface area contributed by atoms with E-state index in [0.29, 0.717) is 34.3 Å². The molecule has 1 aliphatic heterocycles. The Morgan fingerprint density at radius 2 is 2.04 bits per heavy atom. The summed E-state index contributed by atoms with van der Waals surface area (Å²) in [5.41, 5.74) is 2.04. The van der Waals surface area contributed by atoms with Crippen molar-refractivity contribution >= 4 is 40.9 Å². The van der Waals surface area contributed by atoms with Crippen LogP contribution in [0, 0.1) is 0 Å². The Morgan fingerprint density at radius 1 is 1.18 bits per heavy atom. The number of halogens is 1. The monoisotopic (exact) mass is 418 g/mol. The van der Waals surface area contributed by atoms with Gasteiger partial charge in [-0.3, -0.25) is 9.59 Å². The van der Waals surface area contributed by atoms with E-state index >= 15 is 0 Å². The van der Waals surface area contributed by atoms with Crippen molar-refractivity contribution in [2.24, 2.45) is 0 Å². The fourth-order valence-electron chi connectivity index (χ4n) is 2.97. The highest BCUT2D eigenvalue weighted by atomic mass is 35.5. The van der Waals surface area contributed by atoms with E-state index in [1.165, 1.54) is 11.8 Å². The van der Waals surface area contributed by atoms with E-state index in [-0.39, 0.29) is 17.9 Å². The van der Waals surface area contributed by atoms with Gasteiger partial charge in [0.15, 0.2) is 0 Å². The maximum absolute atomic E-state index is 12.5. The summed E-state index contributed by atoms with van der Waals surface area (Å²) in [5.74, 6) is 0.625. The minimum Gasteiger partial charge on any atom is -0.376 e. The number of benzene rings is 2. The van der Waals surface area contributed by atoms with Gasteiger partial charge in [-0.05, 0) is 42.7 Å². The second-order valence-corrected chi connectivity index (χ2v) is 7.98. The van der Waals surface area contributed by atoms with E-state index in [4.69, 9.17) is 16.3 Å². The molecule has 2 N–H and O–H groups in total. The average molecular weight is 419 g/mol. The van der Waals surface area contributed by atoms with Gasteiger partial charge < -0.3 is 15.4 Å². The zero-order valence-corrected chi connectivity index (χ0v) is 17.0. The third-order valence-electron chi connectivity index (χ3n) is 4.35. The summed E-state index contributed by atoms with van der Waals surface area (Å²) in [7, 11) is 0. The van der Waals surface area contributed by atoms with Crippen molar-refractivity contribution in [2.45, 2.75) is 24.7 Å². The summed E-state index contributed by atoms with van der Waals surface area (Å²) < 4.78 is 5.53. The Kier molecular flexibility index (Phi) is 7.77. The van der Waals surface area contributed by atoms with Crippen LogP contribution in [0.4, 0.5) is 5.69 Å². The first-order valence-corrected chi connectivity index (χ1v) is 10.8. The number of para-hydroxylation sites is 1. The van der Waals surface area contributed by atoms with Gasteiger partial charge in [0.1, 0.15) is 0 Å². The molecule has 1 fully saturated rings. The maximum Gasteiger partial charge on any atom is 0.253 e. The number of carbonyl (C=O) groups is 2. The lowest BCUT2D eigenvalue weighted by Gasteiger charge is -2.13. The van der Waals surface area contributed by atoms with Crippen molar-refractivity contribution in [1.29, 1.82) is 0 Å². The molecule has 2 aromatic rings. The van der Waals surface area contributed by atoms with Crippen LogP contribution in [-0.2, 0) is 15.3 Å². The molecular formula is C21H23ClN2O3S. The lowest BCUT2D eigenvalue weighted by molar-refractivity contribution is -0.113. The Morgan fingerprint density at radius 3 is 2.82 bits per heavy atom. The number of rotatable bonds is 8. The zero-order chi connectivity index (χ0) is 19.8. The molecule has 0 saturated carbocycles. The van der Waals surface area contributed by atoms with Gasteiger partial charge >= 0.3 is 0 Å². The fourth-order valence-corrected chi connectivity index (χ4v) is 3.96. The Labute approximate surface area is 174 Å². The summed E-state index contributed by atoms with van der Waals surface area (Å²) in [5, 5.41) is 6.42. The minimum absolute atomic E-state index is 0.0774. The minimum atomic E-state index is -0.210. The van der Waals surface area contributed by atoms with Gasteiger partial charge in [-0.2, -0.15) is 0 Å². The van der Waals surface area contributed by atoms with Crippen LogP contribution >= 0.6 is 23.4 Å². The zero-order valence-electron chi connectivity index (χ0n) is 15.4. The third-order valence-corrected chi connectivity index (χ3v) is 5.59. The van der Waals surface area contributed by atoms with Crippen molar-refractivity contribution < 1.29 is 14.3 Å². The third kappa shape index (κ3) is 6.26. The predicted molar refractivity (Wildman–Crippen MR) is 114 cm³/mol. The van der Waals surface area contributed by atoms with Crippen LogP contribution in [-0.4, -0.2) is 36.8 Å². The van der Waals surface area contributed by atoms with Crippen molar-refractivity contribution in [3.05, 3.63) is 64.7 Å². The van der Waals surface area contributed by atoms with Crippen LogP contribution in [0.3, 0.4) is 0 Å². The maximum atomic E-state index is 12.5. The Balaban J connectivity index is 1.50. The predicted octanol–water partition coefficient (Wildman–Crippen LogP) is 4.12. The average Bonchev–Trinajstić information content (AvgIpc) is 3.20. The van der Waals surface area contributed by atoms with E-state index in [1.54, 1.807) is 24.3 Å². The van der Waals surface area contributed by atoms with Crippen LogP contribution < -0.4 is 10.6 Å². The number of carbonyl (C=O) groups excluding carboxylic acids is 2. The quantitative estimate of drug-likeness (QED) is 0.676. The number of thioether (sulfide) groups is 1. The van der Waals surface area contributed by atoms with Gasteiger partial charge in [-0.25, -0.2) is 0 Å². The molecule has 0 aliphatic carbocycles. The first kappa shape index (κ1) is 20.7. The summed E-state index contributed by atoms with van der Waals surface area (Å²) in [6.07, 6.45) is 2.07. The van der Waals surface area contributed by atoms with E-state index in [1.807, 2.05) is 24.3 Å². The van der Waals surface area contributed by atoms with Gasteiger partial charge in [-0.15, -0.1) is 11.8 Å². The SMILES string of the molecule is O=C(CSCc1cccc(Cl)c1)Nc1ccccc1C(=O)NC[C@@H]1CCCO1. The normalized spacial score (nSPS) is 16.0. The van der Waals surface area contributed by atoms with Crippen molar-refractivity contribution in [2.75, 3.05) is 24.2 Å². The summed E-state index contributed by atoms with van der Waals surface area (Å²) >= 11 is 7.47. The number of nitrogens with one attached hydrogen (secondary N) is 2. The molecule has 1 aliphatic rings. The molecular weight excluding hydrogens is 396 g/mol. The molecule has 5 nitrogen and oxygen atoms in total. The molecule has 7 heteroatoms. The van der Waals surface area contributed by atoms with Crippen LogP contribution in [0.2, 0.25) is 5.02 Å². The van der Waals surface area contributed by atoms with Gasteiger partial charge in [0, 0.05) is 23.9 Å². The van der Waals surface area contributed by atoms with E-state index < -0.39 is 0 Å². The van der Waals surface area contributed by atoms with Crippen LogP contribution in [0.15, 0.2) is 48.5 Å². The second-order valence-electron chi connectivity index (χ2n) is 6.56. The summed E-state index contributed by atoms with van der Waals surface area (Å²) in [4.78, 5) is 24.8. The smallest absolute Gasteiger partial charge is 0.253 e. The molecule has 28 heavy (non-hydrogen) atoms. The highest BCUT2D eigenvalue weighted by Crippen LogP contribution is 2.19. The first-order chi connectivity index (χ1) is 13.6. The van der Waals surface area contributed by atoms with Crippen LogP contribution in [0.25, 0.3) is 0 Å². The number of anilines is 1. The van der Waals surface area contributed by atoms with Gasteiger partial charge in [0.05, 0.1) is 23.1 Å². The standard InChI is InChI=1S/C21H23ClN2O3S/c22-16-6-3-5-15(11-16)13-28-14-20(25)24-19-9-2-1-8-18(19)21(26)23-12-17-7-4-10-27-17/h1-3,5-6,8-9,11,17H,4,7,10,12-14H2,(H,23,26)(H,24,25)/t17-/m0/s1. The van der Waals surface area contributed by atoms with E-state index in [0.717, 1.165) is 25.0 Å². The molecule has 1 saturated heterocycles. The molecule has 2 amide bonds. The number of hydrogen-bond acceptors (Lipinski definition) is 4. The van der Waals surface area contributed by atoms with Crippen molar-refractivity contribution in [1.82, 2.24) is 5.32 Å². The van der Waals surface area contributed by atoms with E-state index in [2.05, 4.69) is 10.6 Å². The molecule has 2 aromatic carbocycles. The second kappa shape index (κ2) is 10.5. The lowest BCUT2D eigenvalue weighted by atomic mass is 10.1.